The highest BCUT2D eigenvalue weighted by molar-refractivity contribution is 7.99. The van der Waals surface area contributed by atoms with Crippen LogP contribution >= 0.6 is 11.8 Å². The second kappa shape index (κ2) is 5.48. The van der Waals surface area contributed by atoms with Gasteiger partial charge < -0.3 is 10.4 Å². The fourth-order valence-electron chi connectivity index (χ4n) is 2.00. The van der Waals surface area contributed by atoms with E-state index in [1.54, 1.807) is 0 Å². The molecular weight excluding hydrogens is 272 g/mol. The van der Waals surface area contributed by atoms with Crippen LogP contribution in [0, 0.1) is 0 Å². The highest BCUT2D eigenvalue weighted by atomic mass is 32.2. The molecular formula is C13H14N6S. The van der Waals surface area contributed by atoms with Crippen molar-refractivity contribution < 1.29 is 0 Å². The molecule has 0 amide bonds. The van der Waals surface area contributed by atoms with E-state index < -0.39 is 0 Å². The summed E-state index contributed by atoms with van der Waals surface area (Å²) in [6.07, 6.45) is 2.29. The molecule has 0 saturated heterocycles. The maximum atomic E-state index is 5.48. The zero-order valence-corrected chi connectivity index (χ0v) is 11.7. The monoisotopic (exact) mass is 286 g/mol. The fourth-order valence-corrected chi connectivity index (χ4v) is 2.95. The first-order valence-electron chi connectivity index (χ1n) is 6.25. The van der Waals surface area contributed by atoms with Gasteiger partial charge in [-0.2, -0.15) is 0 Å². The van der Waals surface area contributed by atoms with E-state index in [2.05, 4.69) is 25.4 Å². The first-order chi connectivity index (χ1) is 9.81. The van der Waals surface area contributed by atoms with Crippen molar-refractivity contribution in [3.05, 3.63) is 36.2 Å². The SMILES string of the molecule is CCc1c(NN)ncnc1Sc1nc2ccccc2[nH]1. The van der Waals surface area contributed by atoms with Gasteiger partial charge in [0.25, 0.3) is 0 Å². The fraction of sp³-hybridized carbons (Fsp3) is 0.154. The van der Waals surface area contributed by atoms with Crippen LogP contribution in [0.25, 0.3) is 11.0 Å². The van der Waals surface area contributed by atoms with Crippen molar-refractivity contribution in [2.75, 3.05) is 5.43 Å². The molecule has 0 saturated carbocycles. The third kappa shape index (κ3) is 2.33. The van der Waals surface area contributed by atoms with Crippen molar-refractivity contribution in [3.8, 4) is 0 Å². The first kappa shape index (κ1) is 12.9. The molecule has 3 aromatic rings. The minimum atomic E-state index is 0.654. The van der Waals surface area contributed by atoms with E-state index in [0.29, 0.717) is 5.82 Å². The van der Waals surface area contributed by atoms with E-state index in [9.17, 15) is 0 Å². The largest absolute Gasteiger partial charge is 0.333 e. The number of nitrogens with one attached hydrogen (secondary N) is 2. The number of benzene rings is 1. The lowest BCUT2D eigenvalue weighted by Crippen LogP contribution is -2.12. The van der Waals surface area contributed by atoms with Gasteiger partial charge in [-0.1, -0.05) is 19.1 Å². The minimum absolute atomic E-state index is 0.654. The molecule has 4 N–H and O–H groups in total. The van der Waals surface area contributed by atoms with E-state index in [0.717, 1.165) is 33.2 Å². The average molecular weight is 286 g/mol. The van der Waals surface area contributed by atoms with Crippen LogP contribution < -0.4 is 11.3 Å². The summed E-state index contributed by atoms with van der Waals surface area (Å²) in [7, 11) is 0. The summed E-state index contributed by atoms with van der Waals surface area (Å²) in [5.41, 5.74) is 5.55. The minimum Gasteiger partial charge on any atom is -0.333 e. The number of nitrogens with zero attached hydrogens (tertiary/aromatic N) is 3. The quantitative estimate of drug-likeness (QED) is 0.387. The molecule has 0 bridgehead atoms. The number of hydrazine groups is 1. The van der Waals surface area contributed by atoms with E-state index in [1.165, 1.54) is 18.1 Å². The maximum absolute atomic E-state index is 5.48. The molecule has 0 unspecified atom stereocenters. The van der Waals surface area contributed by atoms with Gasteiger partial charge in [-0.05, 0) is 30.3 Å². The van der Waals surface area contributed by atoms with Gasteiger partial charge >= 0.3 is 0 Å². The Bertz CT molecular complexity index is 706. The summed E-state index contributed by atoms with van der Waals surface area (Å²) >= 11 is 1.48. The highest BCUT2D eigenvalue weighted by Crippen LogP contribution is 2.30. The number of rotatable bonds is 4. The molecule has 1 aromatic carbocycles. The normalized spacial score (nSPS) is 10.9. The molecule has 2 heterocycles. The number of fused-ring (bicyclic) bond motifs is 1. The van der Waals surface area contributed by atoms with Crippen molar-refractivity contribution in [3.63, 3.8) is 0 Å². The molecule has 102 valence electrons. The first-order valence-corrected chi connectivity index (χ1v) is 7.06. The number of H-pyrrole nitrogens is 1. The summed E-state index contributed by atoms with van der Waals surface area (Å²) in [6.45, 7) is 2.04. The zero-order valence-electron chi connectivity index (χ0n) is 10.9. The van der Waals surface area contributed by atoms with Crippen LogP contribution in [0.15, 0.2) is 40.8 Å². The molecule has 0 atom stereocenters. The molecule has 0 aliphatic rings. The lowest BCUT2D eigenvalue weighted by molar-refractivity contribution is 0.934. The van der Waals surface area contributed by atoms with Crippen LogP contribution in [-0.2, 0) is 6.42 Å². The van der Waals surface area contributed by atoms with E-state index in [4.69, 9.17) is 5.84 Å². The second-order valence-corrected chi connectivity index (χ2v) is 5.14. The molecule has 0 fully saturated rings. The van der Waals surface area contributed by atoms with Gasteiger partial charge in [0, 0.05) is 5.56 Å². The summed E-state index contributed by atoms with van der Waals surface area (Å²) in [6, 6.07) is 7.92. The van der Waals surface area contributed by atoms with Crippen molar-refractivity contribution in [2.24, 2.45) is 5.84 Å². The predicted octanol–water partition coefficient (Wildman–Crippen LogP) is 2.35. The molecule has 3 rings (SSSR count). The maximum Gasteiger partial charge on any atom is 0.172 e. The number of hydrogen-bond acceptors (Lipinski definition) is 6. The van der Waals surface area contributed by atoms with Crippen LogP contribution in [0.1, 0.15) is 12.5 Å². The molecule has 20 heavy (non-hydrogen) atoms. The number of para-hydroxylation sites is 2. The van der Waals surface area contributed by atoms with E-state index in [1.807, 2.05) is 31.2 Å². The number of hydrogen-bond donors (Lipinski definition) is 3. The van der Waals surface area contributed by atoms with Gasteiger partial charge in [-0.3, -0.25) is 0 Å². The molecule has 0 aliphatic carbocycles. The number of nitrogens with two attached hydrogens (primary N) is 1. The van der Waals surface area contributed by atoms with Crippen LogP contribution in [0.4, 0.5) is 5.82 Å². The van der Waals surface area contributed by atoms with Crippen LogP contribution in [-0.4, -0.2) is 19.9 Å². The van der Waals surface area contributed by atoms with Gasteiger partial charge in [0.2, 0.25) is 0 Å². The Morgan fingerprint density at radius 3 is 2.90 bits per heavy atom. The number of aromatic nitrogens is 4. The molecule has 0 radical (unpaired) electrons. The lowest BCUT2D eigenvalue weighted by atomic mass is 10.2. The molecule has 6 nitrogen and oxygen atoms in total. The van der Waals surface area contributed by atoms with Gasteiger partial charge in [0.1, 0.15) is 17.2 Å². The number of nitrogen functional groups attached to an aromatic ring is 1. The topological polar surface area (TPSA) is 92.5 Å². The summed E-state index contributed by atoms with van der Waals surface area (Å²) in [4.78, 5) is 16.2. The third-order valence-electron chi connectivity index (χ3n) is 2.96. The van der Waals surface area contributed by atoms with E-state index >= 15 is 0 Å². The number of aromatic amines is 1. The second-order valence-electron chi connectivity index (χ2n) is 4.17. The summed E-state index contributed by atoms with van der Waals surface area (Å²) in [5.74, 6) is 6.13. The highest BCUT2D eigenvalue weighted by Gasteiger charge is 2.12. The van der Waals surface area contributed by atoms with Crippen molar-refractivity contribution >= 4 is 28.6 Å². The Labute approximate surface area is 120 Å². The van der Waals surface area contributed by atoms with Crippen LogP contribution in [0.2, 0.25) is 0 Å². The predicted molar refractivity (Wildman–Crippen MR) is 79.4 cm³/mol. The smallest absolute Gasteiger partial charge is 0.172 e. The lowest BCUT2D eigenvalue weighted by Gasteiger charge is -2.08. The van der Waals surface area contributed by atoms with Crippen LogP contribution in [0.3, 0.4) is 0 Å². The number of anilines is 1. The Morgan fingerprint density at radius 2 is 2.15 bits per heavy atom. The molecule has 7 heteroatoms. The van der Waals surface area contributed by atoms with Crippen LogP contribution in [0.5, 0.6) is 0 Å². The average Bonchev–Trinajstić information content (AvgIpc) is 2.89. The summed E-state index contributed by atoms with van der Waals surface area (Å²) in [5, 5.41) is 1.66. The van der Waals surface area contributed by atoms with Crippen molar-refractivity contribution in [1.29, 1.82) is 0 Å². The Hall–Kier alpha value is -2.12. The van der Waals surface area contributed by atoms with Gasteiger partial charge in [0.15, 0.2) is 5.16 Å². The van der Waals surface area contributed by atoms with Crippen molar-refractivity contribution in [2.45, 2.75) is 23.5 Å². The molecule has 0 aliphatic heterocycles. The Balaban J connectivity index is 1.98. The molecule has 0 spiro atoms. The zero-order chi connectivity index (χ0) is 13.9. The van der Waals surface area contributed by atoms with Gasteiger partial charge in [0.05, 0.1) is 11.0 Å². The van der Waals surface area contributed by atoms with E-state index in [-0.39, 0.29) is 0 Å². The van der Waals surface area contributed by atoms with Gasteiger partial charge in [-0.25, -0.2) is 20.8 Å². The van der Waals surface area contributed by atoms with Crippen molar-refractivity contribution in [1.82, 2.24) is 19.9 Å². The molecule has 2 aromatic heterocycles. The standard InChI is InChI=1S/C13H14N6S/c1-2-8-11(19-14)15-7-16-12(8)20-13-17-9-5-3-4-6-10(9)18-13/h3-7H,2,14H2,1H3,(H,17,18)(H,15,16,19). The van der Waals surface area contributed by atoms with Gasteiger partial charge in [-0.15, -0.1) is 0 Å². The summed E-state index contributed by atoms with van der Waals surface area (Å²) < 4.78 is 0. The Morgan fingerprint density at radius 1 is 1.30 bits per heavy atom. The Kier molecular flexibility index (Phi) is 3.53. The third-order valence-corrected chi connectivity index (χ3v) is 3.89. The number of imidazole rings is 1.